The Kier molecular flexibility index (Phi) is 4.37. The molecule has 1 aromatic rings. The normalized spacial score (nSPS) is 18.2. The molecule has 0 aromatic carbocycles. The fourth-order valence-electron chi connectivity index (χ4n) is 2.32. The zero-order valence-corrected chi connectivity index (χ0v) is 10.8. The Bertz CT molecular complexity index is 348. The predicted octanol–water partition coefficient (Wildman–Crippen LogP) is 2.93. The van der Waals surface area contributed by atoms with Gasteiger partial charge in [-0.3, -0.25) is 0 Å². The second-order valence-corrected chi connectivity index (χ2v) is 4.90. The van der Waals surface area contributed by atoms with Crippen molar-refractivity contribution < 1.29 is 4.74 Å². The molecule has 0 amide bonds. The van der Waals surface area contributed by atoms with Gasteiger partial charge in [-0.15, -0.1) is 0 Å². The van der Waals surface area contributed by atoms with Crippen molar-refractivity contribution in [3.05, 3.63) is 23.9 Å². The van der Waals surface area contributed by atoms with E-state index in [4.69, 9.17) is 4.74 Å². The summed E-state index contributed by atoms with van der Waals surface area (Å²) < 4.78 is 5.79. The predicted molar refractivity (Wildman–Crippen MR) is 69.2 cm³/mol. The van der Waals surface area contributed by atoms with Gasteiger partial charge in [-0.1, -0.05) is 12.8 Å². The second-order valence-electron chi connectivity index (χ2n) is 4.90. The summed E-state index contributed by atoms with van der Waals surface area (Å²) in [6.07, 6.45) is 7.17. The van der Waals surface area contributed by atoms with Crippen molar-refractivity contribution in [2.75, 3.05) is 13.7 Å². The minimum absolute atomic E-state index is 0.340. The summed E-state index contributed by atoms with van der Waals surface area (Å²) in [6, 6.07) is 4.41. The maximum atomic E-state index is 5.79. The van der Waals surface area contributed by atoms with E-state index in [1.807, 2.05) is 25.4 Å². The van der Waals surface area contributed by atoms with Gasteiger partial charge in [0.2, 0.25) is 5.88 Å². The summed E-state index contributed by atoms with van der Waals surface area (Å²) in [5, 5.41) is 3.22. The van der Waals surface area contributed by atoms with Crippen molar-refractivity contribution in [2.24, 2.45) is 5.92 Å². The average Bonchev–Trinajstić information content (AvgIpc) is 2.89. The van der Waals surface area contributed by atoms with Crippen molar-refractivity contribution in [1.82, 2.24) is 10.3 Å². The first-order chi connectivity index (χ1) is 8.29. The molecule has 0 spiro atoms. The molecule has 1 heterocycles. The van der Waals surface area contributed by atoms with Crippen molar-refractivity contribution in [1.29, 1.82) is 0 Å². The number of ether oxygens (including phenoxy) is 1. The minimum Gasteiger partial charge on any atom is -0.477 e. The van der Waals surface area contributed by atoms with Crippen LogP contribution in [-0.4, -0.2) is 18.6 Å². The fraction of sp³-hybridized carbons (Fsp3) is 0.643. The second kappa shape index (κ2) is 6.01. The molecule has 94 valence electrons. The maximum absolute atomic E-state index is 5.79. The zero-order valence-electron chi connectivity index (χ0n) is 10.8. The number of rotatable bonds is 5. The van der Waals surface area contributed by atoms with E-state index in [9.17, 15) is 0 Å². The first-order valence-corrected chi connectivity index (χ1v) is 6.55. The van der Waals surface area contributed by atoms with Crippen LogP contribution >= 0.6 is 0 Å². The zero-order chi connectivity index (χ0) is 12.1. The number of pyridine rings is 1. The maximum Gasteiger partial charge on any atom is 0.213 e. The summed E-state index contributed by atoms with van der Waals surface area (Å²) in [5.41, 5.74) is 1.23. The van der Waals surface area contributed by atoms with E-state index >= 15 is 0 Å². The Hall–Kier alpha value is -1.09. The van der Waals surface area contributed by atoms with Crippen LogP contribution in [0.25, 0.3) is 0 Å². The van der Waals surface area contributed by atoms with Gasteiger partial charge in [-0.25, -0.2) is 4.98 Å². The van der Waals surface area contributed by atoms with Gasteiger partial charge in [-0.2, -0.15) is 0 Å². The Morgan fingerprint density at radius 2 is 2.24 bits per heavy atom. The summed E-state index contributed by atoms with van der Waals surface area (Å²) in [4.78, 5) is 4.27. The van der Waals surface area contributed by atoms with Crippen molar-refractivity contribution in [2.45, 2.75) is 38.6 Å². The molecule has 1 aliphatic carbocycles. The molecule has 0 bridgehead atoms. The SMILES string of the molecule is CNC(C)c1ccnc(OCC2CCCC2)c1. The molecule has 1 unspecified atom stereocenters. The lowest BCUT2D eigenvalue weighted by molar-refractivity contribution is 0.243. The van der Waals surface area contributed by atoms with E-state index in [2.05, 4.69) is 17.2 Å². The van der Waals surface area contributed by atoms with Crippen LogP contribution in [0.5, 0.6) is 5.88 Å². The lowest BCUT2D eigenvalue weighted by Gasteiger charge is -2.13. The largest absolute Gasteiger partial charge is 0.477 e. The smallest absolute Gasteiger partial charge is 0.213 e. The topological polar surface area (TPSA) is 34.2 Å². The van der Waals surface area contributed by atoms with E-state index in [0.29, 0.717) is 6.04 Å². The first-order valence-electron chi connectivity index (χ1n) is 6.55. The molecule has 0 radical (unpaired) electrons. The molecule has 1 aliphatic rings. The lowest BCUT2D eigenvalue weighted by Crippen LogP contribution is -2.13. The summed E-state index contributed by atoms with van der Waals surface area (Å²) in [5.74, 6) is 1.50. The highest BCUT2D eigenvalue weighted by atomic mass is 16.5. The molecule has 3 heteroatoms. The molecule has 0 aliphatic heterocycles. The molecule has 1 fully saturated rings. The van der Waals surface area contributed by atoms with Crippen LogP contribution in [0.3, 0.4) is 0 Å². The van der Waals surface area contributed by atoms with Crippen LogP contribution in [0, 0.1) is 5.92 Å². The quantitative estimate of drug-likeness (QED) is 0.850. The van der Waals surface area contributed by atoms with Gasteiger partial charge < -0.3 is 10.1 Å². The standard InChI is InChI=1S/C14H22N2O/c1-11(15-2)13-7-8-16-14(9-13)17-10-12-5-3-4-6-12/h7-9,11-12,15H,3-6,10H2,1-2H3. The van der Waals surface area contributed by atoms with Crippen LogP contribution in [0.2, 0.25) is 0 Å². The number of nitrogens with one attached hydrogen (secondary N) is 1. The van der Waals surface area contributed by atoms with E-state index in [0.717, 1.165) is 18.4 Å². The molecule has 3 nitrogen and oxygen atoms in total. The third-order valence-electron chi connectivity index (χ3n) is 3.63. The van der Waals surface area contributed by atoms with Crippen LogP contribution in [0.1, 0.15) is 44.2 Å². The van der Waals surface area contributed by atoms with Crippen molar-refractivity contribution in [3.63, 3.8) is 0 Å². The van der Waals surface area contributed by atoms with Crippen LogP contribution in [0.4, 0.5) is 0 Å². The van der Waals surface area contributed by atoms with E-state index < -0.39 is 0 Å². The number of nitrogens with zero attached hydrogens (tertiary/aromatic N) is 1. The molecule has 0 saturated heterocycles. The van der Waals surface area contributed by atoms with Crippen molar-refractivity contribution >= 4 is 0 Å². The van der Waals surface area contributed by atoms with E-state index in [-0.39, 0.29) is 0 Å². The molecule has 1 aromatic heterocycles. The Labute approximate surface area is 104 Å². The van der Waals surface area contributed by atoms with Crippen LogP contribution < -0.4 is 10.1 Å². The third kappa shape index (κ3) is 3.43. The Balaban J connectivity index is 1.91. The average molecular weight is 234 g/mol. The molecule has 1 atom stereocenters. The monoisotopic (exact) mass is 234 g/mol. The summed E-state index contributed by atoms with van der Waals surface area (Å²) in [7, 11) is 1.96. The molecule has 2 rings (SSSR count). The summed E-state index contributed by atoms with van der Waals surface area (Å²) >= 11 is 0. The van der Waals surface area contributed by atoms with Crippen molar-refractivity contribution in [3.8, 4) is 5.88 Å². The molecular weight excluding hydrogens is 212 g/mol. The van der Waals surface area contributed by atoms with Gasteiger partial charge in [0, 0.05) is 18.3 Å². The highest BCUT2D eigenvalue weighted by Gasteiger charge is 2.15. The fourth-order valence-corrected chi connectivity index (χ4v) is 2.32. The number of hydrogen-bond donors (Lipinski definition) is 1. The first kappa shape index (κ1) is 12.4. The van der Waals surface area contributed by atoms with Gasteiger partial charge in [-0.05, 0) is 44.4 Å². The summed E-state index contributed by atoms with van der Waals surface area (Å²) in [6.45, 7) is 2.96. The molecular formula is C14H22N2O. The third-order valence-corrected chi connectivity index (χ3v) is 3.63. The molecule has 17 heavy (non-hydrogen) atoms. The van der Waals surface area contributed by atoms with Gasteiger partial charge in [0.15, 0.2) is 0 Å². The molecule has 1 saturated carbocycles. The van der Waals surface area contributed by atoms with Crippen LogP contribution in [0.15, 0.2) is 18.3 Å². The highest BCUT2D eigenvalue weighted by molar-refractivity contribution is 5.23. The van der Waals surface area contributed by atoms with E-state index in [1.54, 1.807) is 0 Å². The Morgan fingerprint density at radius 1 is 1.47 bits per heavy atom. The highest BCUT2D eigenvalue weighted by Crippen LogP contribution is 2.25. The number of hydrogen-bond acceptors (Lipinski definition) is 3. The lowest BCUT2D eigenvalue weighted by atomic mass is 10.1. The van der Waals surface area contributed by atoms with Crippen LogP contribution in [-0.2, 0) is 0 Å². The van der Waals surface area contributed by atoms with Gasteiger partial charge in [0.1, 0.15) is 0 Å². The van der Waals surface area contributed by atoms with Gasteiger partial charge in [0.25, 0.3) is 0 Å². The van der Waals surface area contributed by atoms with Gasteiger partial charge in [0.05, 0.1) is 6.61 Å². The van der Waals surface area contributed by atoms with Gasteiger partial charge >= 0.3 is 0 Å². The minimum atomic E-state index is 0.340. The van der Waals surface area contributed by atoms with E-state index in [1.165, 1.54) is 31.2 Å². The Morgan fingerprint density at radius 3 is 2.94 bits per heavy atom. The number of aromatic nitrogens is 1. The molecule has 1 N–H and O–H groups in total.